The van der Waals surface area contributed by atoms with E-state index in [9.17, 15) is 31.1 Å². The number of hydrogen-bond acceptors (Lipinski definition) is 4. The van der Waals surface area contributed by atoms with E-state index in [1.165, 1.54) is 24.4 Å². The summed E-state index contributed by atoms with van der Waals surface area (Å²) in [5, 5.41) is 0.782. The van der Waals surface area contributed by atoms with Gasteiger partial charge in [-0.25, -0.2) is 0 Å². The van der Waals surface area contributed by atoms with Gasteiger partial charge >= 0.3 is 12.5 Å². The van der Waals surface area contributed by atoms with Crippen LogP contribution in [0.2, 0.25) is 0 Å². The number of halogens is 6. The smallest absolute Gasteiger partial charge is 0.406 e. The summed E-state index contributed by atoms with van der Waals surface area (Å²) in [6.45, 7) is 0. The van der Waals surface area contributed by atoms with Crippen LogP contribution >= 0.6 is 0 Å². The van der Waals surface area contributed by atoms with Crippen LogP contribution in [0.1, 0.15) is 39.5 Å². The molecular formula is C25H16F6N2O2. The number of alkyl halides is 6. The second kappa shape index (κ2) is 9.36. The Labute approximate surface area is 195 Å². The molecule has 0 saturated heterocycles. The molecule has 0 unspecified atom stereocenters. The zero-order valence-corrected chi connectivity index (χ0v) is 17.8. The van der Waals surface area contributed by atoms with Gasteiger partial charge in [0.15, 0.2) is 5.78 Å². The first-order valence-electron chi connectivity index (χ1n) is 10.3. The zero-order valence-electron chi connectivity index (χ0n) is 17.8. The van der Waals surface area contributed by atoms with Crippen LogP contribution < -0.4 is 4.74 Å². The second-order valence-electron chi connectivity index (χ2n) is 7.64. The Morgan fingerprint density at radius 3 is 2.23 bits per heavy atom. The topological polar surface area (TPSA) is 52.1 Å². The number of nitrogens with zero attached hydrogens (tertiary/aromatic N) is 2. The highest BCUT2D eigenvalue weighted by Crippen LogP contribution is 2.39. The molecule has 0 bridgehead atoms. The molecular weight excluding hydrogens is 474 g/mol. The van der Waals surface area contributed by atoms with Crippen LogP contribution in [0.5, 0.6) is 5.75 Å². The van der Waals surface area contributed by atoms with Crippen molar-refractivity contribution in [2.24, 2.45) is 0 Å². The van der Waals surface area contributed by atoms with E-state index in [0.717, 1.165) is 29.7 Å². The lowest BCUT2D eigenvalue weighted by Crippen LogP contribution is -2.18. The van der Waals surface area contributed by atoms with Crippen molar-refractivity contribution < 1.29 is 35.9 Å². The van der Waals surface area contributed by atoms with Gasteiger partial charge in [0.2, 0.25) is 0 Å². The van der Waals surface area contributed by atoms with Gasteiger partial charge in [0.25, 0.3) is 0 Å². The predicted molar refractivity (Wildman–Crippen MR) is 115 cm³/mol. The Morgan fingerprint density at radius 1 is 0.857 bits per heavy atom. The number of ketones is 1. The fraction of sp³-hybridized carbons (Fsp3) is 0.160. The maximum atomic E-state index is 13.7. The van der Waals surface area contributed by atoms with Gasteiger partial charge in [-0.05, 0) is 42.0 Å². The average molecular weight is 490 g/mol. The highest BCUT2D eigenvalue weighted by atomic mass is 19.4. The normalized spacial score (nSPS) is 13.0. The highest BCUT2D eigenvalue weighted by molar-refractivity contribution is 5.99. The largest absolute Gasteiger partial charge is 0.573 e. The van der Waals surface area contributed by atoms with Crippen molar-refractivity contribution in [2.45, 2.75) is 24.9 Å². The summed E-state index contributed by atoms with van der Waals surface area (Å²) >= 11 is 0. The minimum atomic E-state index is -4.93. The number of fused-ring (bicyclic) bond motifs is 1. The Morgan fingerprint density at radius 2 is 1.54 bits per heavy atom. The standard InChI is InChI=1S/C25H16F6N2O2/c26-24(27,28)20-4-2-12-33-23(20)19(15-7-9-18(10-8-15)35-25(29,30)31)14-22(34)17-6-5-16-3-1-11-32-21(16)13-17/h1-13,19H,14H2/t19-/m0/s1. The first-order valence-corrected chi connectivity index (χ1v) is 10.3. The molecule has 2 heterocycles. The number of aromatic nitrogens is 2. The Balaban J connectivity index is 1.74. The van der Waals surface area contributed by atoms with Crippen molar-refractivity contribution >= 4 is 16.7 Å². The molecule has 10 heteroatoms. The predicted octanol–water partition coefficient (Wildman–Crippen LogP) is 6.95. The van der Waals surface area contributed by atoms with Crippen LogP contribution in [-0.4, -0.2) is 22.1 Å². The number of rotatable bonds is 6. The van der Waals surface area contributed by atoms with E-state index in [2.05, 4.69) is 14.7 Å². The molecule has 4 aromatic rings. The maximum absolute atomic E-state index is 13.7. The van der Waals surface area contributed by atoms with Gasteiger partial charge in [0.1, 0.15) is 5.75 Å². The molecule has 0 spiro atoms. The minimum absolute atomic E-state index is 0.177. The first-order chi connectivity index (χ1) is 16.5. The van der Waals surface area contributed by atoms with Crippen molar-refractivity contribution in [3.05, 3.63) is 102 Å². The molecule has 0 N–H and O–H groups in total. The molecule has 0 aliphatic carbocycles. The van der Waals surface area contributed by atoms with Crippen LogP contribution in [-0.2, 0) is 6.18 Å². The Hall–Kier alpha value is -3.95. The summed E-state index contributed by atoms with van der Waals surface area (Å²) in [4.78, 5) is 21.2. The molecule has 4 rings (SSSR count). The summed E-state index contributed by atoms with van der Waals surface area (Å²) in [6.07, 6.45) is -7.36. The van der Waals surface area contributed by atoms with Gasteiger partial charge in [-0.2, -0.15) is 13.2 Å². The van der Waals surface area contributed by atoms with Gasteiger partial charge in [-0.15, -0.1) is 13.2 Å². The van der Waals surface area contributed by atoms with E-state index >= 15 is 0 Å². The lowest BCUT2D eigenvalue weighted by Gasteiger charge is -2.21. The quantitative estimate of drug-likeness (QED) is 0.217. The number of Topliss-reactive ketones (excluding diaryl/α,β-unsaturated/α-hetero) is 1. The average Bonchev–Trinajstić information content (AvgIpc) is 2.81. The monoisotopic (exact) mass is 490 g/mol. The Bertz CT molecular complexity index is 1350. The SMILES string of the molecule is O=C(C[C@@H](c1ccc(OC(F)(F)F)cc1)c1ncccc1C(F)(F)F)c1ccc2cccnc2c1. The molecule has 1 atom stereocenters. The lowest BCUT2D eigenvalue weighted by molar-refractivity contribution is -0.274. The van der Waals surface area contributed by atoms with Gasteiger partial charge in [0, 0.05) is 35.7 Å². The van der Waals surface area contributed by atoms with Crippen molar-refractivity contribution in [1.82, 2.24) is 9.97 Å². The van der Waals surface area contributed by atoms with Crippen LogP contribution in [0, 0.1) is 0 Å². The molecule has 180 valence electrons. The number of carbonyl (C=O) groups excluding carboxylic acids is 1. The lowest BCUT2D eigenvalue weighted by atomic mass is 9.86. The van der Waals surface area contributed by atoms with Crippen molar-refractivity contribution in [3.63, 3.8) is 0 Å². The van der Waals surface area contributed by atoms with Gasteiger partial charge in [-0.3, -0.25) is 14.8 Å². The van der Waals surface area contributed by atoms with Gasteiger partial charge < -0.3 is 4.74 Å². The van der Waals surface area contributed by atoms with Gasteiger partial charge in [0.05, 0.1) is 16.8 Å². The second-order valence-corrected chi connectivity index (χ2v) is 7.64. The van der Waals surface area contributed by atoms with E-state index in [-0.39, 0.29) is 11.1 Å². The molecule has 0 radical (unpaired) electrons. The minimum Gasteiger partial charge on any atom is -0.406 e. The van der Waals surface area contributed by atoms with Crippen molar-refractivity contribution in [3.8, 4) is 5.75 Å². The summed E-state index contributed by atoms with van der Waals surface area (Å²) in [6, 6.07) is 14.6. The van der Waals surface area contributed by atoms with Crippen molar-refractivity contribution in [1.29, 1.82) is 0 Å². The third-order valence-electron chi connectivity index (χ3n) is 5.31. The van der Waals surface area contributed by atoms with E-state index in [1.54, 1.807) is 30.5 Å². The van der Waals surface area contributed by atoms with E-state index in [0.29, 0.717) is 5.52 Å². The molecule has 4 nitrogen and oxygen atoms in total. The first kappa shape index (κ1) is 24.2. The number of pyridine rings is 2. The maximum Gasteiger partial charge on any atom is 0.573 e. The number of carbonyl (C=O) groups is 1. The molecule has 0 fully saturated rings. The number of ether oxygens (including phenoxy) is 1. The molecule has 2 aromatic carbocycles. The number of benzene rings is 2. The van der Waals surface area contributed by atoms with Crippen LogP contribution in [0.4, 0.5) is 26.3 Å². The third kappa shape index (κ3) is 5.76. The summed E-state index contributed by atoms with van der Waals surface area (Å²) in [7, 11) is 0. The zero-order chi connectivity index (χ0) is 25.2. The Kier molecular flexibility index (Phi) is 6.47. The summed E-state index contributed by atoms with van der Waals surface area (Å²) in [5.74, 6) is -2.19. The molecule has 35 heavy (non-hydrogen) atoms. The molecule has 2 aromatic heterocycles. The van der Waals surface area contributed by atoms with E-state index in [1.807, 2.05) is 0 Å². The van der Waals surface area contributed by atoms with E-state index < -0.39 is 47.7 Å². The van der Waals surface area contributed by atoms with E-state index in [4.69, 9.17) is 0 Å². The molecule has 0 aliphatic heterocycles. The summed E-state index contributed by atoms with van der Waals surface area (Å²) in [5.41, 5.74) is -0.485. The fourth-order valence-corrected chi connectivity index (χ4v) is 3.75. The molecule has 0 aliphatic rings. The summed E-state index contributed by atoms with van der Waals surface area (Å²) < 4.78 is 82.6. The van der Waals surface area contributed by atoms with Crippen LogP contribution in [0.3, 0.4) is 0 Å². The highest BCUT2D eigenvalue weighted by Gasteiger charge is 2.37. The van der Waals surface area contributed by atoms with Gasteiger partial charge in [-0.1, -0.05) is 30.3 Å². The van der Waals surface area contributed by atoms with Crippen molar-refractivity contribution in [2.75, 3.05) is 0 Å². The fourth-order valence-electron chi connectivity index (χ4n) is 3.75. The van der Waals surface area contributed by atoms with Crippen LogP contribution in [0.25, 0.3) is 10.9 Å². The molecule has 0 amide bonds. The third-order valence-corrected chi connectivity index (χ3v) is 5.31. The number of hydrogen-bond donors (Lipinski definition) is 0. The molecule has 0 saturated carbocycles. The van der Waals surface area contributed by atoms with Crippen LogP contribution in [0.15, 0.2) is 79.1 Å².